The van der Waals surface area contributed by atoms with Crippen molar-refractivity contribution in [2.45, 2.75) is 82.6 Å². The van der Waals surface area contributed by atoms with Crippen molar-refractivity contribution in [3.63, 3.8) is 0 Å². The predicted molar refractivity (Wildman–Crippen MR) is 173 cm³/mol. The zero-order valence-corrected chi connectivity index (χ0v) is 27.0. The van der Waals surface area contributed by atoms with E-state index in [0.29, 0.717) is 32.0 Å². The SMILES string of the molecule is Cc1c(C(=O)CCc2ccccc2)c(O)c2c(OC3OC(CO)C(O)(CCC(C)C4CCOCC4)C(O)C3O)cc(C(=O)O)cc2c1O. The lowest BCUT2D eigenvalue weighted by atomic mass is 9.76. The van der Waals surface area contributed by atoms with E-state index in [1.165, 1.54) is 6.92 Å². The highest BCUT2D eigenvalue weighted by atomic mass is 16.7. The van der Waals surface area contributed by atoms with Crippen LogP contribution in [0.25, 0.3) is 10.8 Å². The Labute approximate surface area is 278 Å². The van der Waals surface area contributed by atoms with Crippen molar-refractivity contribution in [2.75, 3.05) is 19.8 Å². The van der Waals surface area contributed by atoms with Gasteiger partial charge in [-0.1, -0.05) is 37.3 Å². The molecule has 2 fully saturated rings. The average Bonchev–Trinajstić information content (AvgIpc) is 3.09. The number of aryl methyl sites for hydroxylation is 1. The Balaban J connectivity index is 1.46. The van der Waals surface area contributed by atoms with Crippen LogP contribution in [0, 0.1) is 18.8 Å². The molecule has 48 heavy (non-hydrogen) atoms. The van der Waals surface area contributed by atoms with Crippen molar-refractivity contribution in [1.29, 1.82) is 0 Å². The van der Waals surface area contributed by atoms with Gasteiger partial charge in [0.25, 0.3) is 0 Å². The zero-order chi connectivity index (χ0) is 34.7. The van der Waals surface area contributed by atoms with Crippen LogP contribution in [0.5, 0.6) is 17.2 Å². The third kappa shape index (κ3) is 7.00. The highest BCUT2D eigenvalue weighted by Crippen LogP contribution is 2.46. The highest BCUT2D eigenvalue weighted by Gasteiger charge is 2.55. The fourth-order valence-corrected chi connectivity index (χ4v) is 6.96. The van der Waals surface area contributed by atoms with E-state index in [-0.39, 0.29) is 52.0 Å². The first-order valence-corrected chi connectivity index (χ1v) is 16.3. The number of aliphatic hydroxyl groups is 4. The summed E-state index contributed by atoms with van der Waals surface area (Å²) in [5.74, 6) is -2.77. The Morgan fingerprint density at radius 2 is 1.75 bits per heavy atom. The second kappa shape index (κ2) is 14.8. The monoisotopic (exact) mass is 668 g/mol. The summed E-state index contributed by atoms with van der Waals surface area (Å²) in [6, 6.07) is 11.4. The summed E-state index contributed by atoms with van der Waals surface area (Å²) < 4.78 is 17.2. The summed E-state index contributed by atoms with van der Waals surface area (Å²) in [6.07, 6.45) is -4.33. The number of benzene rings is 3. The van der Waals surface area contributed by atoms with E-state index in [0.717, 1.165) is 30.5 Å². The van der Waals surface area contributed by atoms with E-state index >= 15 is 0 Å². The van der Waals surface area contributed by atoms with Gasteiger partial charge in [-0.05, 0) is 68.6 Å². The minimum Gasteiger partial charge on any atom is -0.507 e. The Kier molecular flexibility index (Phi) is 10.9. The van der Waals surface area contributed by atoms with Crippen LogP contribution in [-0.2, 0) is 15.9 Å². The predicted octanol–water partition coefficient (Wildman–Crippen LogP) is 3.46. The lowest BCUT2D eigenvalue weighted by Crippen LogP contribution is -2.67. The average molecular weight is 669 g/mol. The topological polar surface area (TPSA) is 203 Å². The first-order chi connectivity index (χ1) is 22.9. The molecule has 6 unspecified atom stereocenters. The summed E-state index contributed by atoms with van der Waals surface area (Å²) >= 11 is 0. The number of aromatic hydroxyl groups is 2. The molecule has 2 aliphatic heterocycles. The van der Waals surface area contributed by atoms with Gasteiger partial charge in [0, 0.05) is 30.6 Å². The van der Waals surface area contributed by atoms with Crippen LogP contribution in [-0.4, -0.2) is 97.5 Å². The molecular formula is C36H44O12. The first kappa shape index (κ1) is 35.5. The summed E-state index contributed by atoms with van der Waals surface area (Å²) in [7, 11) is 0. The highest BCUT2D eigenvalue weighted by molar-refractivity contribution is 6.11. The molecule has 12 nitrogen and oxygen atoms in total. The molecule has 0 aromatic heterocycles. The summed E-state index contributed by atoms with van der Waals surface area (Å²) in [6.45, 7) is 4.02. The zero-order valence-electron chi connectivity index (χ0n) is 27.0. The van der Waals surface area contributed by atoms with Gasteiger partial charge in [-0.15, -0.1) is 0 Å². The number of carbonyl (C=O) groups excluding carboxylic acids is 1. The third-order valence-corrected chi connectivity index (χ3v) is 10.0. The number of phenols is 2. The van der Waals surface area contributed by atoms with E-state index in [9.17, 15) is 45.3 Å². The molecule has 5 rings (SSSR count). The minimum absolute atomic E-state index is 0.00151. The number of phenolic OH excluding ortho intramolecular Hbond substituents is 2. The number of aromatic carboxylic acids is 1. The molecule has 2 heterocycles. The Morgan fingerprint density at radius 1 is 1.06 bits per heavy atom. The van der Waals surface area contributed by atoms with Crippen LogP contribution in [0.15, 0.2) is 42.5 Å². The normalized spacial score (nSPS) is 25.5. The van der Waals surface area contributed by atoms with E-state index < -0.39 is 60.1 Å². The van der Waals surface area contributed by atoms with Crippen molar-refractivity contribution in [3.8, 4) is 17.2 Å². The standard InChI is InChI=1S/C36H44O12/c1-19(22-11-14-46-15-12-22)10-13-36(45)27(18-37)48-35(32(41)33(36)42)47-26-17-23(34(43)44)16-24-29(26)31(40)28(20(2)30(24)39)25(38)9-8-21-6-4-3-5-7-21/h3-7,16-17,19,22,27,32-33,35,37,39-42,45H,8-15,18H2,1-2H3,(H,43,44). The fraction of sp³-hybridized carbons (Fsp3) is 0.500. The van der Waals surface area contributed by atoms with Crippen LogP contribution in [0.2, 0.25) is 0 Å². The molecule has 260 valence electrons. The quantitative estimate of drug-likeness (QED) is 0.110. The lowest BCUT2D eigenvalue weighted by molar-refractivity contribution is -0.315. The number of hydrogen-bond acceptors (Lipinski definition) is 11. The molecule has 3 aromatic rings. The molecule has 3 aromatic carbocycles. The van der Waals surface area contributed by atoms with E-state index in [4.69, 9.17) is 14.2 Å². The van der Waals surface area contributed by atoms with Gasteiger partial charge in [-0.2, -0.15) is 0 Å². The molecule has 6 atom stereocenters. The number of aliphatic hydroxyl groups excluding tert-OH is 3. The van der Waals surface area contributed by atoms with Crippen molar-refractivity contribution in [2.24, 2.45) is 11.8 Å². The molecular weight excluding hydrogens is 624 g/mol. The maximum absolute atomic E-state index is 13.4. The second-order valence-electron chi connectivity index (χ2n) is 13.0. The molecule has 0 spiro atoms. The first-order valence-electron chi connectivity index (χ1n) is 16.3. The van der Waals surface area contributed by atoms with Gasteiger partial charge in [0.1, 0.15) is 41.2 Å². The number of hydrogen-bond donors (Lipinski definition) is 7. The maximum atomic E-state index is 13.4. The number of carboxylic acids is 1. The van der Waals surface area contributed by atoms with Crippen molar-refractivity contribution >= 4 is 22.5 Å². The van der Waals surface area contributed by atoms with E-state index in [1.54, 1.807) is 0 Å². The van der Waals surface area contributed by atoms with Gasteiger partial charge in [-0.25, -0.2) is 4.79 Å². The summed E-state index contributed by atoms with van der Waals surface area (Å²) in [4.78, 5) is 25.5. The van der Waals surface area contributed by atoms with Crippen molar-refractivity contribution in [1.82, 2.24) is 0 Å². The van der Waals surface area contributed by atoms with Crippen molar-refractivity contribution in [3.05, 3.63) is 64.7 Å². The number of fused-ring (bicyclic) bond motifs is 1. The van der Waals surface area contributed by atoms with Gasteiger partial charge in [0.2, 0.25) is 6.29 Å². The molecule has 0 radical (unpaired) electrons. The molecule has 12 heteroatoms. The van der Waals surface area contributed by atoms with E-state index in [2.05, 4.69) is 0 Å². The Morgan fingerprint density at radius 3 is 2.40 bits per heavy atom. The number of rotatable bonds is 12. The summed E-state index contributed by atoms with van der Waals surface area (Å²) in [5.41, 5.74) is -1.65. The minimum atomic E-state index is -2.05. The molecule has 0 saturated carbocycles. The third-order valence-electron chi connectivity index (χ3n) is 10.0. The van der Waals surface area contributed by atoms with Crippen LogP contribution in [0.3, 0.4) is 0 Å². The molecule has 2 saturated heterocycles. The van der Waals surface area contributed by atoms with Crippen LogP contribution in [0.1, 0.15) is 70.9 Å². The van der Waals surface area contributed by atoms with Gasteiger partial charge in [0.05, 0.1) is 23.1 Å². The van der Waals surface area contributed by atoms with E-state index in [1.807, 2.05) is 37.3 Å². The largest absolute Gasteiger partial charge is 0.507 e. The second-order valence-corrected chi connectivity index (χ2v) is 13.0. The Hall–Kier alpha value is -3.78. The van der Waals surface area contributed by atoms with Crippen molar-refractivity contribution < 1.29 is 59.5 Å². The fourth-order valence-electron chi connectivity index (χ4n) is 6.96. The lowest BCUT2D eigenvalue weighted by Gasteiger charge is -2.48. The molecule has 2 aliphatic rings. The maximum Gasteiger partial charge on any atom is 0.335 e. The van der Waals surface area contributed by atoms with Gasteiger partial charge < -0.3 is 50.0 Å². The molecule has 0 bridgehead atoms. The smallest absolute Gasteiger partial charge is 0.335 e. The number of Topliss-reactive ketones (excluding diaryl/α,β-unsaturated/α-hetero) is 1. The number of ketones is 1. The summed E-state index contributed by atoms with van der Waals surface area (Å²) in [5, 5.41) is 76.3. The van der Waals surface area contributed by atoms with Crippen LogP contribution < -0.4 is 4.74 Å². The Bertz CT molecular complexity index is 1610. The molecule has 7 N–H and O–H groups in total. The molecule has 0 amide bonds. The number of ether oxygens (including phenoxy) is 3. The van der Waals surface area contributed by atoms with Gasteiger partial charge in [0.15, 0.2) is 5.78 Å². The van der Waals surface area contributed by atoms with Crippen LogP contribution in [0.4, 0.5) is 0 Å². The number of carbonyl (C=O) groups is 2. The van der Waals surface area contributed by atoms with Gasteiger partial charge >= 0.3 is 5.97 Å². The molecule has 0 aliphatic carbocycles. The van der Waals surface area contributed by atoms with Crippen LogP contribution >= 0.6 is 0 Å². The number of carboxylic acid groups (broad SMARTS) is 1. The van der Waals surface area contributed by atoms with Gasteiger partial charge in [-0.3, -0.25) is 4.79 Å².